The van der Waals surface area contributed by atoms with E-state index in [1.54, 1.807) is 26.2 Å². The molecule has 0 aliphatic rings. The first kappa shape index (κ1) is 15.9. The second-order valence-corrected chi connectivity index (χ2v) is 5.15. The number of hydrogen-bond acceptors (Lipinski definition) is 3. The van der Waals surface area contributed by atoms with E-state index in [1.807, 2.05) is 43.3 Å². The lowest BCUT2D eigenvalue weighted by atomic mass is 10.1. The summed E-state index contributed by atoms with van der Waals surface area (Å²) in [6, 6.07) is 15.2. The average Bonchev–Trinajstić information content (AvgIpc) is 2.52. The molecule has 0 fully saturated rings. The molecule has 116 valence electrons. The topological polar surface area (TPSA) is 47.6 Å². The normalized spacial score (nSPS) is 11.6. The summed E-state index contributed by atoms with van der Waals surface area (Å²) in [6.45, 7) is 4.25. The maximum absolute atomic E-state index is 12.1. The largest absolute Gasteiger partial charge is 0.497 e. The third-order valence-electron chi connectivity index (χ3n) is 3.27. The molecule has 0 saturated carbocycles. The van der Waals surface area contributed by atoms with E-state index in [2.05, 4.69) is 5.32 Å². The number of aryl methyl sites for hydroxylation is 1. The molecule has 2 aromatic rings. The lowest BCUT2D eigenvalue weighted by molar-refractivity contribution is -0.127. The molecule has 0 aromatic heterocycles. The smallest absolute Gasteiger partial charge is 0.261 e. The number of carbonyl (C=O) groups excluding carboxylic acids is 1. The van der Waals surface area contributed by atoms with Crippen molar-refractivity contribution in [3.05, 3.63) is 59.7 Å². The van der Waals surface area contributed by atoms with Gasteiger partial charge in [-0.2, -0.15) is 0 Å². The minimum atomic E-state index is -0.572. The van der Waals surface area contributed by atoms with Gasteiger partial charge in [0.05, 0.1) is 7.11 Å². The summed E-state index contributed by atoms with van der Waals surface area (Å²) in [7, 11) is 1.59. The van der Waals surface area contributed by atoms with Crippen LogP contribution >= 0.6 is 0 Å². The number of ether oxygens (including phenoxy) is 2. The summed E-state index contributed by atoms with van der Waals surface area (Å²) in [5.74, 6) is 1.16. The van der Waals surface area contributed by atoms with Crippen molar-refractivity contribution in [3.8, 4) is 11.5 Å². The van der Waals surface area contributed by atoms with Gasteiger partial charge >= 0.3 is 0 Å². The van der Waals surface area contributed by atoms with Crippen LogP contribution in [0.1, 0.15) is 18.1 Å². The van der Waals surface area contributed by atoms with E-state index >= 15 is 0 Å². The van der Waals surface area contributed by atoms with Gasteiger partial charge in [-0.15, -0.1) is 0 Å². The van der Waals surface area contributed by atoms with Gasteiger partial charge in [-0.1, -0.05) is 35.9 Å². The Morgan fingerprint density at radius 2 is 1.86 bits per heavy atom. The second kappa shape index (κ2) is 7.50. The van der Waals surface area contributed by atoms with Gasteiger partial charge in [0.25, 0.3) is 5.91 Å². The van der Waals surface area contributed by atoms with Gasteiger partial charge < -0.3 is 14.8 Å². The molecule has 4 heteroatoms. The Labute approximate surface area is 131 Å². The van der Waals surface area contributed by atoms with Crippen LogP contribution in [0.2, 0.25) is 0 Å². The molecule has 22 heavy (non-hydrogen) atoms. The number of methoxy groups -OCH3 is 1. The minimum absolute atomic E-state index is 0.149. The summed E-state index contributed by atoms with van der Waals surface area (Å²) in [5, 5.41) is 2.88. The van der Waals surface area contributed by atoms with E-state index in [-0.39, 0.29) is 5.91 Å². The van der Waals surface area contributed by atoms with Gasteiger partial charge in [0, 0.05) is 12.6 Å². The molecule has 0 bridgehead atoms. The highest BCUT2D eigenvalue weighted by atomic mass is 16.5. The molecule has 1 unspecified atom stereocenters. The fourth-order valence-electron chi connectivity index (χ4n) is 2.09. The van der Waals surface area contributed by atoms with Crippen molar-refractivity contribution >= 4 is 5.91 Å². The summed E-state index contributed by atoms with van der Waals surface area (Å²) < 4.78 is 10.8. The number of benzene rings is 2. The van der Waals surface area contributed by atoms with Gasteiger partial charge in [0.1, 0.15) is 11.5 Å². The molecule has 0 heterocycles. The van der Waals surface area contributed by atoms with Crippen molar-refractivity contribution in [2.45, 2.75) is 26.5 Å². The fourth-order valence-corrected chi connectivity index (χ4v) is 2.09. The maximum atomic E-state index is 12.1. The minimum Gasteiger partial charge on any atom is -0.497 e. The average molecular weight is 299 g/mol. The molecule has 0 saturated heterocycles. The van der Waals surface area contributed by atoms with Crippen molar-refractivity contribution in [1.82, 2.24) is 5.32 Å². The van der Waals surface area contributed by atoms with Gasteiger partial charge in [-0.25, -0.2) is 0 Å². The van der Waals surface area contributed by atoms with Crippen LogP contribution in [0.5, 0.6) is 11.5 Å². The first-order valence-electron chi connectivity index (χ1n) is 7.22. The van der Waals surface area contributed by atoms with E-state index in [1.165, 1.54) is 5.56 Å². The Morgan fingerprint density at radius 3 is 2.59 bits per heavy atom. The predicted molar refractivity (Wildman–Crippen MR) is 86.1 cm³/mol. The zero-order valence-electron chi connectivity index (χ0n) is 13.1. The molecule has 0 spiro atoms. The highest BCUT2D eigenvalue weighted by molar-refractivity contribution is 5.80. The standard InChI is InChI=1S/C18H21NO3/c1-13-6-4-7-15(10-13)12-19-18(20)14(2)22-17-9-5-8-16(11-17)21-3/h4-11,14H,12H2,1-3H3,(H,19,20). The monoisotopic (exact) mass is 299 g/mol. The highest BCUT2D eigenvalue weighted by Gasteiger charge is 2.14. The zero-order chi connectivity index (χ0) is 15.9. The molecule has 4 nitrogen and oxygen atoms in total. The predicted octanol–water partition coefficient (Wildman–Crippen LogP) is 3.09. The SMILES string of the molecule is COc1cccc(OC(C)C(=O)NCc2cccc(C)c2)c1. The van der Waals surface area contributed by atoms with E-state index < -0.39 is 6.10 Å². The van der Waals surface area contributed by atoms with Crippen molar-refractivity contribution in [2.75, 3.05) is 7.11 Å². The Bertz CT molecular complexity index is 640. The Hall–Kier alpha value is -2.49. The molecule has 2 rings (SSSR count). The van der Waals surface area contributed by atoms with Crippen LogP contribution in [0, 0.1) is 6.92 Å². The maximum Gasteiger partial charge on any atom is 0.261 e. The number of nitrogens with one attached hydrogen (secondary N) is 1. The first-order chi connectivity index (χ1) is 10.6. The molecule has 0 radical (unpaired) electrons. The van der Waals surface area contributed by atoms with Gasteiger partial charge in [-0.05, 0) is 31.5 Å². The van der Waals surface area contributed by atoms with Crippen LogP contribution in [0.4, 0.5) is 0 Å². The number of hydrogen-bond donors (Lipinski definition) is 1. The summed E-state index contributed by atoms with van der Waals surface area (Å²) in [5.41, 5.74) is 2.24. The van der Waals surface area contributed by atoms with Crippen LogP contribution in [-0.4, -0.2) is 19.1 Å². The summed E-state index contributed by atoms with van der Waals surface area (Å²) in [6.07, 6.45) is -0.572. The van der Waals surface area contributed by atoms with Crippen LogP contribution < -0.4 is 14.8 Å². The molecule has 0 aliphatic heterocycles. The van der Waals surface area contributed by atoms with E-state index in [4.69, 9.17) is 9.47 Å². The molecule has 1 amide bonds. The highest BCUT2D eigenvalue weighted by Crippen LogP contribution is 2.19. The number of amides is 1. The van der Waals surface area contributed by atoms with Crippen LogP contribution in [0.25, 0.3) is 0 Å². The van der Waals surface area contributed by atoms with Crippen molar-refractivity contribution in [2.24, 2.45) is 0 Å². The molecule has 2 aromatic carbocycles. The van der Waals surface area contributed by atoms with Crippen LogP contribution in [0.15, 0.2) is 48.5 Å². The van der Waals surface area contributed by atoms with Gasteiger partial charge in [-0.3, -0.25) is 4.79 Å². The quantitative estimate of drug-likeness (QED) is 0.891. The first-order valence-corrected chi connectivity index (χ1v) is 7.22. The van der Waals surface area contributed by atoms with E-state index in [0.29, 0.717) is 18.0 Å². The van der Waals surface area contributed by atoms with Gasteiger partial charge in [0.15, 0.2) is 6.10 Å². The van der Waals surface area contributed by atoms with E-state index in [0.717, 1.165) is 5.56 Å². The zero-order valence-corrected chi connectivity index (χ0v) is 13.1. The number of rotatable bonds is 6. The number of carbonyl (C=O) groups is 1. The van der Waals surface area contributed by atoms with Gasteiger partial charge in [0.2, 0.25) is 0 Å². The summed E-state index contributed by atoms with van der Waals surface area (Å²) in [4.78, 5) is 12.1. The van der Waals surface area contributed by atoms with E-state index in [9.17, 15) is 4.79 Å². The van der Waals surface area contributed by atoms with Crippen LogP contribution in [0.3, 0.4) is 0 Å². The molecule has 1 N–H and O–H groups in total. The Balaban J connectivity index is 1.89. The van der Waals surface area contributed by atoms with Crippen LogP contribution in [-0.2, 0) is 11.3 Å². The molecular formula is C18H21NO3. The van der Waals surface area contributed by atoms with Crippen molar-refractivity contribution in [1.29, 1.82) is 0 Å². The molecular weight excluding hydrogens is 278 g/mol. The summed E-state index contributed by atoms with van der Waals surface area (Å²) >= 11 is 0. The third-order valence-corrected chi connectivity index (χ3v) is 3.27. The fraction of sp³-hybridized carbons (Fsp3) is 0.278. The lowest BCUT2D eigenvalue weighted by Crippen LogP contribution is -2.35. The van der Waals surface area contributed by atoms with Crippen molar-refractivity contribution < 1.29 is 14.3 Å². The molecule has 0 aliphatic carbocycles. The van der Waals surface area contributed by atoms with Crippen molar-refractivity contribution in [3.63, 3.8) is 0 Å². The lowest BCUT2D eigenvalue weighted by Gasteiger charge is -2.15. The third kappa shape index (κ3) is 4.52. The molecule has 1 atom stereocenters. The Morgan fingerprint density at radius 1 is 1.14 bits per heavy atom. The Kier molecular flexibility index (Phi) is 5.42. The second-order valence-electron chi connectivity index (χ2n) is 5.15.